The van der Waals surface area contributed by atoms with E-state index in [2.05, 4.69) is 10.6 Å². The van der Waals surface area contributed by atoms with Crippen molar-refractivity contribution in [3.63, 3.8) is 0 Å². The van der Waals surface area contributed by atoms with Crippen molar-refractivity contribution in [3.05, 3.63) is 0 Å². The molecule has 23 heavy (non-hydrogen) atoms. The molecule has 132 valence electrons. The number of carbonyl (C=O) groups is 3. The second-order valence-electron chi connectivity index (χ2n) is 5.84. The molecule has 2 amide bonds. The zero-order valence-corrected chi connectivity index (χ0v) is 14.1. The zero-order valence-electron chi connectivity index (χ0n) is 14.1. The van der Waals surface area contributed by atoms with E-state index in [0.717, 1.165) is 0 Å². The Labute approximate surface area is 136 Å². The average molecular weight is 329 g/mol. The molecule has 1 rings (SSSR count). The Morgan fingerprint density at radius 3 is 2.83 bits per heavy atom. The number of hydrogen-bond acceptors (Lipinski definition) is 6. The summed E-state index contributed by atoms with van der Waals surface area (Å²) in [6, 6.07) is -0.805. The Kier molecular flexibility index (Phi) is 8.57. The van der Waals surface area contributed by atoms with E-state index in [0.29, 0.717) is 32.8 Å². The lowest BCUT2D eigenvalue weighted by molar-refractivity contribution is -0.152. The predicted molar refractivity (Wildman–Crippen MR) is 83.7 cm³/mol. The van der Waals surface area contributed by atoms with Gasteiger partial charge in [-0.15, -0.1) is 0 Å². The summed E-state index contributed by atoms with van der Waals surface area (Å²) in [7, 11) is 1.58. The van der Waals surface area contributed by atoms with Crippen LogP contribution in [0.4, 0.5) is 0 Å². The van der Waals surface area contributed by atoms with Gasteiger partial charge in [0.15, 0.2) is 0 Å². The summed E-state index contributed by atoms with van der Waals surface area (Å²) in [4.78, 5) is 37.6. The standard InChI is InChI=1S/C15H27N3O5/c1-11(2)10-23-14(20)8-12-15(21)17-4-6-18(12)13(19)9-16-5-7-22-3/h11-12,16H,4-10H2,1-3H3,(H,17,21). The van der Waals surface area contributed by atoms with Crippen LogP contribution >= 0.6 is 0 Å². The fourth-order valence-corrected chi connectivity index (χ4v) is 2.16. The van der Waals surface area contributed by atoms with Gasteiger partial charge in [-0.2, -0.15) is 0 Å². The van der Waals surface area contributed by atoms with E-state index in [1.165, 1.54) is 4.90 Å². The van der Waals surface area contributed by atoms with Crippen LogP contribution < -0.4 is 10.6 Å². The summed E-state index contributed by atoms with van der Waals surface area (Å²) < 4.78 is 10.0. The predicted octanol–water partition coefficient (Wildman–Crippen LogP) is -0.861. The summed E-state index contributed by atoms with van der Waals surface area (Å²) in [5.41, 5.74) is 0. The third kappa shape index (κ3) is 6.96. The molecule has 1 saturated heterocycles. The van der Waals surface area contributed by atoms with Gasteiger partial charge in [0.05, 0.1) is 26.2 Å². The van der Waals surface area contributed by atoms with E-state index in [-0.39, 0.29) is 30.7 Å². The second-order valence-corrected chi connectivity index (χ2v) is 5.84. The molecule has 0 radical (unpaired) electrons. The molecule has 0 bridgehead atoms. The van der Waals surface area contributed by atoms with E-state index in [9.17, 15) is 14.4 Å². The molecule has 1 aliphatic rings. The molecule has 0 spiro atoms. The average Bonchev–Trinajstić information content (AvgIpc) is 2.51. The molecule has 2 N–H and O–H groups in total. The summed E-state index contributed by atoms with van der Waals surface area (Å²) >= 11 is 0. The van der Waals surface area contributed by atoms with Gasteiger partial charge >= 0.3 is 5.97 Å². The molecule has 1 aliphatic heterocycles. The lowest BCUT2D eigenvalue weighted by Crippen LogP contribution is -2.59. The monoisotopic (exact) mass is 329 g/mol. The van der Waals surface area contributed by atoms with E-state index >= 15 is 0 Å². The van der Waals surface area contributed by atoms with Crippen LogP contribution in [0.25, 0.3) is 0 Å². The highest BCUT2D eigenvalue weighted by molar-refractivity contribution is 5.92. The van der Waals surface area contributed by atoms with Crippen LogP contribution in [-0.2, 0) is 23.9 Å². The molecule has 0 aromatic rings. The van der Waals surface area contributed by atoms with E-state index in [4.69, 9.17) is 9.47 Å². The quantitative estimate of drug-likeness (QED) is 0.422. The SMILES string of the molecule is COCCNCC(=O)N1CCNC(=O)C1CC(=O)OCC(C)C. The highest BCUT2D eigenvalue weighted by atomic mass is 16.5. The van der Waals surface area contributed by atoms with Crippen LogP contribution in [0.3, 0.4) is 0 Å². The van der Waals surface area contributed by atoms with Gasteiger partial charge in [0.25, 0.3) is 0 Å². The Morgan fingerprint density at radius 2 is 2.17 bits per heavy atom. The van der Waals surface area contributed by atoms with Crippen molar-refractivity contribution in [2.24, 2.45) is 5.92 Å². The van der Waals surface area contributed by atoms with Crippen LogP contribution in [0, 0.1) is 5.92 Å². The van der Waals surface area contributed by atoms with Gasteiger partial charge in [-0.3, -0.25) is 14.4 Å². The first-order valence-corrected chi connectivity index (χ1v) is 7.88. The number of nitrogens with zero attached hydrogens (tertiary/aromatic N) is 1. The largest absolute Gasteiger partial charge is 0.465 e. The van der Waals surface area contributed by atoms with Gasteiger partial charge in [-0.05, 0) is 5.92 Å². The number of rotatable bonds is 9. The number of esters is 1. The van der Waals surface area contributed by atoms with Crippen molar-refractivity contribution >= 4 is 17.8 Å². The van der Waals surface area contributed by atoms with Gasteiger partial charge < -0.3 is 25.0 Å². The van der Waals surface area contributed by atoms with Crippen molar-refractivity contribution in [2.45, 2.75) is 26.3 Å². The number of ether oxygens (including phenoxy) is 2. The maximum atomic E-state index is 12.3. The van der Waals surface area contributed by atoms with Crippen LogP contribution in [0.5, 0.6) is 0 Å². The van der Waals surface area contributed by atoms with Crippen LogP contribution in [0.15, 0.2) is 0 Å². The number of amides is 2. The summed E-state index contributed by atoms with van der Waals surface area (Å²) in [5.74, 6) is -0.770. The van der Waals surface area contributed by atoms with Crippen molar-refractivity contribution < 1.29 is 23.9 Å². The zero-order chi connectivity index (χ0) is 17.2. The maximum absolute atomic E-state index is 12.3. The van der Waals surface area contributed by atoms with Crippen molar-refractivity contribution in [1.29, 1.82) is 0 Å². The Bertz CT molecular complexity index is 414. The number of methoxy groups -OCH3 is 1. The summed E-state index contributed by atoms with van der Waals surface area (Å²) in [6.45, 7) is 6.10. The minimum absolute atomic E-state index is 0.105. The molecule has 0 aromatic carbocycles. The van der Waals surface area contributed by atoms with Crippen molar-refractivity contribution in [1.82, 2.24) is 15.5 Å². The normalized spacial score (nSPS) is 18.0. The Hall–Kier alpha value is -1.67. The fraction of sp³-hybridized carbons (Fsp3) is 0.800. The first-order valence-electron chi connectivity index (χ1n) is 7.88. The molecular weight excluding hydrogens is 302 g/mol. The van der Waals surface area contributed by atoms with Gasteiger partial charge in [0.2, 0.25) is 11.8 Å². The third-order valence-electron chi connectivity index (χ3n) is 3.35. The highest BCUT2D eigenvalue weighted by Gasteiger charge is 2.34. The first kappa shape index (κ1) is 19.4. The van der Waals surface area contributed by atoms with Crippen LogP contribution in [0.2, 0.25) is 0 Å². The topological polar surface area (TPSA) is 97.0 Å². The molecule has 0 aliphatic carbocycles. The van der Waals surface area contributed by atoms with Crippen LogP contribution in [-0.4, -0.2) is 75.2 Å². The van der Waals surface area contributed by atoms with Gasteiger partial charge in [-0.25, -0.2) is 0 Å². The second kappa shape index (κ2) is 10.2. The molecule has 1 heterocycles. The summed E-state index contributed by atoms with van der Waals surface area (Å²) in [6.07, 6.45) is -0.123. The van der Waals surface area contributed by atoms with Crippen LogP contribution in [0.1, 0.15) is 20.3 Å². The van der Waals surface area contributed by atoms with Crippen molar-refractivity contribution in [3.8, 4) is 0 Å². The molecule has 0 saturated carbocycles. The molecular formula is C15H27N3O5. The lowest BCUT2D eigenvalue weighted by Gasteiger charge is -2.34. The highest BCUT2D eigenvalue weighted by Crippen LogP contribution is 2.10. The number of nitrogens with one attached hydrogen (secondary N) is 2. The minimum Gasteiger partial charge on any atom is -0.465 e. The van der Waals surface area contributed by atoms with E-state index < -0.39 is 12.0 Å². The molecule has 1 unspecified atom stereocenters. The first-order chi connectivity index (χ1) is 11.0. The van der Waals surface area contributed by atoms with E-state index in [1.54, 1.807) is 7.11 Å². The Morgan fingerprint density at radius 1 is 1.43 bits per heavy atom. The molecule has 1 fully saturated rings. The number of carbonyl (C=O) groups excluding carboxylic acids is 3. The summed E-state index contributed by atoms with van der Waals surface area (Å²) in [5, 5.41) is 5.63. The number of hydrogen-bond donors (Lipinski definition) is 2. The molecule has 0 aromatic heterocycles. The molecule has 8 nitrogen and oxygen atoms in total. The smallest absolute Gasteiger partial charge is 0.308 e. The van der Waals surface area contributed by atoms with Gasteiger partial charge in [0.1, 0.15) is 6.04 Å². The molecule has 8 heteroatoms. The third-order valence-corrected chi connectivity index (χ3v) is 3.35. The fourth-order valence-electron chi connectivity index (χ4n) is 2.16. The molecule has 1 atom stereocenters. The van der Waals surface area contributed by atoms with E-state index in [1.807, 2.05) is 13.8 Å². The van der Waals surface area contributed by atoms with Gasteiger partial charge in [-0.1, -0.05) is 13.8 Å². The maximum Gasteiger partial charge on any atom is 0.308 e. The number of piperazine rings is 1. The Balaban J connectivity index is 2.55. The van der Waals surface area contributed by atoms with Crippen molar-refractivity contribution in [2.75, 3.05) is 46.5 Å². The minimum atomic E-state index is -0.805. The lowest BCUT2D eigenvalue weighted by atomic mass is 10.1. The van der Waals surface area contributed by atoms with Gasteiger partial charge in [0, 0.05) is 26.7 Å².